The first kappa shape index (κ1) is 13.1. The third-order valence-corrected chi connectivity index (χ3v) is 3.71. The highest BCUT2D eigenvalue weighted by atomic mass is 32.2. The highest BCUT2D eigenvalue weighted by Gasteiger charge is 2.14. The van der Waals surface area contributed by atoms with Crippen molar-refractivity contribution in [2.45, 2.75) is 44.6 Å². The minimum absolute atomic E-state index is 0.635. The predicted molar refractivity (Wildman–Crippen MR) is 73.6 cm³/mol. The van der Waals surface area contributed by atoms with Crippen molar-refractivity contribution in [2.24, 2.45) is 0 Å². The summed E-state index contributed by atoms with van der Waals surface area (Å²) in [7, 11) is 0. The van der Waals surface area contributed by atoms with E-state index in [1.54, 1.807) is 0 Å². The topological polar surface area (TPSA) is 24.1 Å². The van der Waals surface area contributed by atoms with E-state index < -0.39 is 0 Å². The van der Waals surface area contributed by atoms with Gasteiger partial charge in [0.2, 0.25) is 0 Å². The normalized spacial score (nSPS) is 16.6. The Morgan fingerprint density at radius 2 is 2.07 bits per heavy atom. The number of thioether (sulfide) groups is 1. The van der Waals surface area contributed by atoms with Crippen LogP contribution >= 0.6 is 24.0 Å². The molecule has 1 aliphatic rings. The molecular formula is C11H22N2S2. The lowest BCUT2D eigenvalue weighted by Crippen LogP contribution is -2.40. The quantitative estimate of drug-likeness (QED) is 0.555. The Morgan fingerprint density at radius 1 is 1.33 bits per heavy atom. The third-order valence-electron chi connectivity index (χ3n) is 2.75. The average molecular weight is 246 g/mol. The second-order valence-corrected chi connectivity index (χ2v) is 5.48. The van der Waals surface area contributed by atoms with Crippen LogP contribution < -0.4 is 10.6 Å². The van der Waals surface area contributed by atoms with Gasteiger partial charge in [-0.2, -0.15) is 11.8 Å². The van der Waals surface area contributed by atoms with Crippen molar-refractivity contribution in [1.29, 1.82) is 0 Å². The minimum atomic E-state index is 0.635. The highest BCUT2D eigenvalue weighted by Crippen LogP contribution is 2.17. The van der Waals surface area contributed by atoms with Crippen molar-refractivity contribution < 1.29 is 0 Å². The molecule has 88 valence electrons. The molecule has 1 rings (SSSR count). The molecule has 1 saturated carbocycles. The fraction of sp³-hybridized carbons (Fsp3) is 0.909. The number of unbranched alkanes of at least 4 members (excludes halogenated alkanes) is 1. The van der Waals surface area contributed by atoms with E-state index in [0.717, 1.165) is 11.7 Å². The minimum Gasteiger partial charge on any atom is -0.363 e. The molecule has 0 saturated heterocycles. The molecule has 0 unspecified atom stereocenters. The Hall–Kier alpha value is 0.0400. The first-order valence-corrected chi connectivity index (χ1v) is 7.66. The number of nitrogens with one attached hydrogen (secondary N) is 2. The molecule has 0 spiro atoms. The van der Waals surface area contributed by atoms with Crippen molar-refractivity contribution >= 4 is 29.1 Å². The van der Waals surface area contributed by atoms with Crippen LogP contribution in [0.2, 0.25) is 0 Å². The van der Waals surface area contributed by atoms with Gasteiger partial charge in [-0.25, -0.2) is 0 Å². The Balaban J connectivity index is 1.93. The summed E-state index contributed by atoms with van der Waals surface area (Å²) in [5.74, 6) is 1.25. The molecule has 2 nitrogen and oxygen atoms in total. The third kappa shape index (κ3) is 6.25. The van der Waals surface area contributed by atoms with Gasteiger partial charge in [-0.15, -0.1) is 0 Å². The largest absolute Gasteiger partial charge is 0.363 e. The summed E-state index contributed by atoms with van der Waals surface area (Å²) >= 11 is 7.15. The van der Waals surface area contributed by atoms with E-state index in [1.807, 2.05) is 11.8 Å². The number of rotatable bonds is 6. The zero-order valence-corrected chi connectivity index (χ0v) is 11.2. The van der Waals surface area contributed by atoms with Crippen LogP contribution in [0.5, 0.6) is 0 Å². The van der Waals surface area contributed by atoms with E-state index in [1.165, 1.54) is 44.3 Å². The summed E-state index contributed by atoms with van der Waals surface area (Å²) in [5.41, 5.74) is 0. The Morgan fingerprint density at radius 3 is 2.73 bits per heavy atom. The van der Waals surface area contributed by atoms with Gasteiger partial charge in [0.1, 0.15) is 0 Å². The van der Waals surface area contributed by atoms with E-state index in [4.69, 9.17) is 12.2 Å². The maximum absolute atomic E-state index is 5.24. The van der Waals surface area contributed by atoms with E-state index in [9.17, 15) is 0 Å². The molecule has 4 heteroatoms. The van der Waals surface area contributed by atoms with E-state index >= 15 is 0 Å². The van der Waals surface area contributed by atoms with Crippen LogP contribution in [0, 0.1) is 0 Å². The molecule has 0 radical (unpaired) electrons. The zero-order chi connectivity index (χ0) is 10.9. The van der Waals surface area contributed by atoms with Gasteiger partial charge in [0, 0.05) is 12.6 Å². The van der Waals surface area contributed by atoms with Gasteiger partial charge in [0.15, 0.2) is 5.11 Å². The van der Waals surface area contributed by atoms with Crippen molar-refractivity contribution in [1.82, 2.24) is 10.6 Å². The number of thiocarbonyl (C=S) groups is 1. The number of hydrogen-bond donors (Lipinski definition) is 2. The summed E-state index contributed by atoms with van der Waals surface area (Å²) in [5, 5.41) is 7.52. The van der Waals surface area contributed by atoms with Crippen molar-refractivity contribution in [3.8, 4) is 0 Å². The Bertz CT molecular complexity index is 179. The first-order valence-electron chi connectivity index (χ1n) is 5.86. The van der Waals surface area contributed by atoms with Crippen LogP contribution in [-0.2, 0) is 0 Å². The van der Waals surface area contributed by atoms with Crippen LogP contribution in [-0.4, -0.2) is 29.7 Å². The second kappa shape index (κ2) is 8.22. The van der Waals surface area contributed by atoms with Crippen molar-refractivity contribution in [2.75, 3.05) is 18.6 Å². The maximum atomic E-state index is 5.24. The summed E-state index contributed by atoms with van der Waals surface area (Å²) in [6.45, 7) is 1.01. The lowest BCUT2D eigenvalue weighted by molar-refractivity contribution is 0.618. The molecule has 0 aromatic heterocycles. The monoisotopic (exact) mass is 246 g/mol. The van der Waals surface area contributed by atoms with E-state index in [-0.39, 0.29) is 0 Å². The molecule has 0 aromatic carbocycles. The van der Waals surface area contributed by atoms with Crippen LogP contribution in [0.25, 0.3) is 0 Å². The van der Waals surface area contributed by atoms with Crippen LogP contribution in [0.4, 0.5) is 0 Å². The highest BCUT2D eigenvalue weighted by molar-refractivity contribution is 7.98. The molecule has 0 aliphatic heterocycles. The van der Waals surface area contributed by atoms with Gasteiger partial charge in [-0.1, -0.05) is 12.8 Å². The predicted octanol–water partition coefficient (Wildman–Crippen LogP) is 2.54. The zero-order valence-electron chi connectivity index (χ0n) is 9.55. The molecule has 15 heavy (non-hydrogen) atoms. The molecule has 0 amide bonds. The molecule has 1 fully saturated rings. The molecule has 0 aromatic rings. The molecule has 0 bridgehead atoms. The van der Waals surface area contributed by atoms with Crippen LogP contribution in [0.15, 0.2) is 0 Å². The summed E-state index contributed by atoms with van der Waals surface area (Å²) in [6.07, 6.45) is 9.93. The van der Waals surface area contributed by atoms with E-state index in [0.29, 0.717) is 6.04 Å². The van der Waals surface area contributed by atoms with Gasteiger partial charge in [-0.05, 0) is 49.9 Å². The van der Waals surface area contributed by atoms with Crippen molar-refractivity contribution in [3.63, 3.8) is 0 Å². The second-order valence-electron chi connectivity index (χ2n) is 4.08. The van der Waals surface area contributed by atoms with Crippen LogP contribution in [0.1, 0.15) is 38.5 Å². The van der Waals surface area contributed by atoms with Crippen molar-refractivity contribution in [3.05, 3.63) is 0 Å². The Kier molecular flexibility index (Phi) is 7.18. The maximum Gasteiger partial charge on any atom is 0.166 e. The van der Waals surface area contributed by atoms with Gasteiger partial charge in [0.05, 0.1) is 0 Å². The Labute approximate surface area is 103 Å². The molecule has 2 N–H and O–H groups in total. The van der Waals surface area contributed by atoms with Gasteiger partial charge < -0.3 is 10.6 Å². The summed E-state index contributed by atoms with van der Waals surface area (Å²) in [6, 6.07) is 0.635. The standard InChI is InChI=1S/C11H22N2S2/c1-15-9-5-4-8-12-11(14)13-10-6-2-3-7-10/h10H,2-9H2,1H3,(H2,12,13,14). The molecule has 0 heterocycles. The first-order chi connectivity index (χ1) is 7.33. The molecule has 0 atom stereocenters. The van der Waals surface area contributed by atoms with Crippen LogP contribution in [0.3, 0.4) is 0 Å². The lowest BCUT2D eigenvalue weighted by atomic mass is 10.2. The average Bonchev–Trinajstić information content (AvgIpc) is 2.70. The molecule has 1 aliphatic carbocycles. The number of hydrogen-bond acceptors (Lipinski definition) is 2. The lowest BCUT2D eigenvalue weighted by Gasteiger charge is -2.15. The van der Waals surface area contributed by atoms with Gasteiger partial charge in [-0.3, -0.25) is 0 Å². The fourth-order valence-electron chi connectivity index (χ4n) is 1.88. The van der Waals surface area contributed by atoms with Gasteiger partial charge >= 0.3 is 0 Å². The van der Waals surface area contributed by atoms with E-state index in [2.05, 4.69) is 16.9 Å². The fourth-order valence-corrected chi connectivity index (χ4v) is 2.64. The molecular weight excluding hydrogens is 224 g/mol. The van der Waals surface area contributed by atoms with Gasteiger partial charge in [0.25, 0.3) is 0 Å². The summed E-state index contributed by atoms with van der Waals surface area (Å²) < 4.78 is 0. The SMILES string of the molecule is CSCCCCNC(=S)NC1CCCC1. The smallest absolute Gasteiger partial charge is 0.166 e. The summed E-state index contributed by atoms with van der Waals surface area (Å²) in [4.78, 5) is 0.